The van der Waals surface area contributed by atoms with Crippen LogP contribution in [0, 0.1) is 5.92 Å². The first-order valence-corrected chi connectivity index (χ1v) is 4.84. The lowest BCUT2D eigenvalue weighted by Crippen LogP contribution is -2.35. The number of rotatable bonds is 3. The first kappa shape index (κ1) is 9.53. The van der Waals surface area contributed by atoms with Crippen molar-refractivity contribution in [3.63, 3.8) is 0 Å². The predicted octanol–water partition coefficient (Wildman–Crippen LogP) is 2.64. The van der Waals surface area contributed by atoms with Gasteiger partial charge in [-0.3, -0.25) is 0 Å². The summed E-state index contributed by atoms with van der Waals surface area (Å²) >= 11 is 0. The van der Waals surface area contributed by atoms with E-state index in [2.05, 4.69) is 25.2 Å². The molecule has 0 bridgehead atoms. The van der Waals surface area contributed by atoms with Gasteiger partial charge in [0.2, 0.25) is 0 Å². The van der Waals surface area contributed by atoms with Gasteiger partial charge in [-0.05, 0) is 38.2 Å². The molecule has 2 N–H and O–H groups in total. The van der Waals surface area contributed by atoms with E-state index >= 15 is 0 Å². The maximum atomic E-state index is 6.10. The molecule has 0 aromatic heterocycles. The van der Waals surface area contributed by atoms with E-state index in [4.69, 9.17) is 5.73 Å². The van der Waals surface area contributed by atoms with Gasteiger partial charge in [-0.15, -0.1) is 0 Å². The minimum atomic E-state index is 0.278. The molecule has 0 unspecified atom stereocenters. The number of allylic oxidation sites excluding steroid dienone is 2. The van der Waals surface area contributed by atoms with Crippen LogP contribution in [0.2, 0.25) is 0 Å². The first-order chi connectivity index (χ1) is 5.79. The van der Waals surface area contributed by atoms with Crippen molar-refractivity contribution in [2.75, 3.05) is 0 Å². The topological polar surface area (TPSA) is 26.0 Å². The van der Waals surface area contributed by atoms with E-state index in [0.29, 0.717) is 0 Å². The van der Waals surface area contributed by atoms with Gasteiger partial charge in [0, 0.05) is 6.04 Å². The molecule has 0 saturated heterocycles. The monoisotopic (exact) mass is 165 g/mol. The van der Waals surface area contributed by atoms with Gasteiger partial charge in [0.25, 0.3) is 0 Å². The van der Waals surface area contributed by atoms with Gasteiger partial charge in [-0.25, -0.2) is 0 Å². The third kappa shape index (κ3) is 1.98. The molecule has 0 amide bonds. The summed E-state index contributed by atoms with van der Waals surface area (Å²) in [5.74, 6) is 0.743. The quantitative estimate of drug-likeness (QED) is 0.639. The van der Waals surface area contributed by atoms with E-state index in [0.717, 1.165) is 5.92 Å². The Bertz CT molecular complexity index is 187. The van der Waals surface area contributed by atoms with E-state index in [1.54, 1.807) is 0 Å². The zero-order valence-corrected chi connectivity index (χ0v) is 8.09. The molecule has 1 atom stereocenters. The maximum absolute atomic E-state index is 6.10. The average Bonchev–Trinajstić information content (AvgIpc) is 1.96. The summed E-state index contributed by atoms with van der Waals surface area (Å²) in [6, 6.07) is 0.278. The van der Waals surface area contributed by atoms with E-state index < -0.39 is 0 Å². The molecule has 0 aromatic carbocycles. The molecule has 1 aliphatic rings. The Balaban J connectivity index is 2.52. The second-order valence-corrected chi connectivity index (χ2v) is 3.51. The van der Waals surface area contributed by atoms with Crippen LogP contribution in [0.15, 0.2) is 23.8 Å². The fourth-order valence-corrected chi connectivity index (χ4v) is 1.66. The van der Waals surface area contributed by atoms with Crippen LogP contribution in [0.4, 0.5) is 0 Å². The summed E-state index contributed by atoms with van der Waals surface area (Å²) in [5.41, 5.74) is 7.39. The average molecular weight is 165 g/mol. The highest BCUT2D eigenvalue weighted by Crippen LogP contribution is 2.31. The molecule has 12 heavy (non-hydrogen) atoms. The van der Waals surface area contributed by atoms with E-state index in [1.165, 1.54) is 24.8 Å². The third-order valence-electron chi connectivity index (χ3n) is 2.74. The summed E-state index contributed by atoms with van der Waals surface area (Å²) < 4.78 is 0. The Morgan fingerprint density at radius 3 is 2.42 bits per heavy atom. The highest BCUT2D eigenvalue weighted by molar-refractivity contribution is 5.24. The van der Waals surface area contributed by atoms with Gasteiger partial charge < -0.3 is 5.73 Å². The number of hydrogen-bond donors (Lipinski definition) is 1. The molecule has 0 heterocycles. The van der Waals surface area contributed by atoms with Crippen LogP contribution in [0.5, 0.6) is 0 Å². The molecule has 1 rings (SSSR count). The highest BCUT2D eigenvalue weighted by atomic mass is 14.7. The minimum absolute atomic E-state index is 0.278. The fourth-order valence-electron chi connectivity index (χ4n) is 1.66. The van der Waals surface area contributed by atoms with Gasteiger partial charge >= 0.3 is 0 Å². The summed E-state index contributed by atoms with van der Waals surface area (Å²) in [7, 11) is 0. The zero-order valence-electron chi connectivity index (χ0n) is 8.09. The van der Waals surface area contributed by atoms with Crippen molar-refractivity contribution in [1.29, 1.82) is 0 Å². The molecule has 0 aromatic rings. The van der Waals surface area contributed by atoms with Crippen molar-refractivity contribution in [1.82, 2.24) is 0 Å². The van der Waals surface area contributed by atoms with Crippen molar-refractivity contribution in [3.05, 3.63) is 23.8 Å². The minimum Gasteiger partial charge on any atom is -0.324 e. The Morgan fingerprint density at radius 2 is 2.08 bits per heavy atom. The zero-order chi connectivity index (χ0) is 8.97. The number of nitrogens with two attached hydrogens (primary N) is 1. The lowest BCUT2D eigenvalue weighted by molar-refractivity contribution is 0.284. The van der Waals surface area contributed by atoms with E-state index in [9.17, 15) is 0 Å². The fraction of sp³-hybridized carbons (Fsp3) is 0.636. The van der Waals surface area contributed by atoms with Gasteiger partial charge in [0.15, 0.2) is 0 Å². The third-order valence-corrected chi connectivity index (χ3v) is 2.74. The normalized spacial score (nSPS) is 22.8. The van der Waals surface area contributed by atoms with Crippen molar-refractivity contribution < 1.29 is 0 Å². The van der Waals surface area contributed by atoms with Gasteiger partial charge in [-0.1, -0.05) is 24.6 Å². The first-order valence-electron chi connectivity index (χ1n) is 4.84. The standard InChI is InChI=1S/C11H19N/c1-3-6-9(4-2)11(12)10-7-5-8-10/h3-4,6,10-11H,5,7-8,12H2,1-2H3/b6-3-,9-4+/t11-/m0/s1. The Labute approximate surface area is 75.3 Å². The van der Waals surface area contributed by atoms with Crippen LogP contribution in [0.1, 0.15) is 33.1 Å². The predicted molar refractivity (Wildman–Crippen MR) is 53.9 cm³/mol. The summed E-state index contributed by atoms with van der Waals surface area (Å²) in [6.07, 6.45) is 10.3. The maximum Gasteiger partial charge on any atom is 0.0320 e. The second kappa shape index (κ2) is 4.46. The molecule has 1 nitrogen and oxygen atoms in total. The van der Waals surface area contributed by atoms with Crippen LogP contribution >= 0.6 is 0 Å². The molecule has 1 heteroatoms. The molecular formula is C11H19N. The van der Waals surface area contributed by atoms with Crippen LogP contribution < -0.4 is 5.73 Å². The van der Waals surface area contributed by atoms with Crippen molar-refractivity contribution in [3.8, 4) is 0 Å². The Morgan fingerprint density at radius 1 is 1.42 bits per heavy atom. The van der Waals surface area contributed by atoms with Crippen molar-refractivity contribution >= 4 is 0 Å². The summed E-state index contributed by atoms with van der Waals surface area (Å²) in [5, 5.41) is 0. The van der Waals surface area contributed by atoms with Gasteiger partial charge in [-0.2, -0.15) is 0 Å². The lowest BCUT2D eigenvalue weighted by atomic mass is 9.77. The molecule has 1 fully saturated rings. The Kier molecular flexibility index (Phi) is 3.54. The highest BCUT2D eigenvalue weighted by Gasteiger charge is 2.25. The molecule has 0 spiro atoms. The Hall–Kier alpha value is -0.560. The van der Waals surface area contributed by atoms with Crippen LogP contribution in [-0.2, 0) is 0 Å². The molecule has 1 aliphatic carbocycles. The SMILES string of the molecule is C/C=C\C(=C/C)[C@H](N)C1CCC1. The van der Waals surface area contributed by atoms with E-state index in [-0.39, 0.29) is 6.04 Å². The van der Waals surface area contributed by atoms with Gasteiger partial charge in [0.05, 0.1) is 0 Å². The lowest BCUT2D eigenvalue weighted by Gasteiger charge is -2.31. The van der Waals surface area contributed by atoms with Crippen molar-refractivity contribution in [2.24, 2.45) is 11.7 Å². The van der Waals surface area contributed by atoms with Crippen molar-refractivity contribution in [2.45, 2.75) is 39.2 Å². The van der Waals surface area contributed by atoms with Crippen LogP contribution in [0.3, 0.4) is 0 Å². The molecular weight excluding hydrogens is 146 g/mol. The summed E-state index contributed by atoms with van der Waals surface area (Å²) in [6.45, 7) is 4.10. The summed E-state index contributed by atoms with van der Waals surface area (Å²) in [4.78, 5) is 0. The second-order valence-electron chi connectivity index (χ2n) is 3.51. The molecule has 0 radical (unpaired) electrons. The van der Waals surface area contributed by atoms with Crippen LogP contribution in [0.25, 0.3) is 0 Å². The molecule has 68 valence electrons. The smallest absolute Gasteiger partial charge is 0.0320 e. The van der Waals surface area contributed by atoms with Gasteiger partial charge in [0.1, 0.15) is 0 Å². The molecule has 0 aliphatic heterocycles. The molecule has 1 saturated carbocycles. The number of hydrogen-bond acceptors (Lipinski definition) is 1. The van der Waals surface area contributed by atoms with E-state index in [1.807, 2.05) is 6.92 Å². The van der Waals surface area contributed by atoms with Crippen LogP contribution in [-0.4, -0.2) is 6.04 Å². The largest absolute Gasteiger partial charge is 0.324 e.